The SMILES string of the molecule is C=CCO[C@@H]1OC(CO)[C@H](O)C(O[C@@H]2OC(CO)[C@H](O[C@@H]3OC(CO)[C@H](O)C(O[C@@H]4OC(CO)[C@H](O[C@@H]5OC(CO)[C@H](O)C(O)C5O[C@@H]5OC(C)[C@@H](O)C(O)C5O)C(O[C@@H]5OC(C)[C@@H](O)C(O)C5O)C4N)C3O)C(O)C2N)C1O. The Bertz CT molecular complexity index is 1880. The van der Waals surface area contributed by atoms with Crippen LogP contribution in [0.25, 0.3) is 0 Å². The Labute approximate surface area is 450 Å². The first-order valence-electron chi connectivity index (χ1n) is 25.6. The molecule has 7 fully saturated rings. The van der Waals surface area contributed by atoms with Gasteiger partial charge in [0.05, 0.1) is 63.9 Å². The van der Waals surface area contributed by atoms with Crippen molar-refractivity contribution in [2.75, 3.05) is 39.6 Å². The van der Waals surface area contributed by atoms with Crippen molar-refractivity contribution in [3.05, 3.63) is 12.7 Å². The third kappa shape index (κ3) is 13.6. The highest BCUT2D eigenvalue weighted by Crippen LogP contribution is 2.38. The van der Waals surface area contributed by atoms with Crippen LogP contribution in [0.3, 0.4) is 0 Å². The van der Waals surface area contributed by atoms with E-state index in [2.05, 4.69) is 6.58 Å². The third-order valence-electron chi connectivity index (χ3n) is 15.0. The maximum Gasteiger partial charge on any atom is 0.187 e. The molecule has 7 saturated heterocycles. The van der Waals surface area contributed by atoms with E-state index < -0.39 is 248 Å². The molecule has 0 aromatic carbocycles. The van der Waals surface area contributed by atoms with Gasteiger partial charge in [0, 0.05) is 0 Å². The van der Waals surface area contributed by atoms with E-state index in [1.165, 1.54) is 19.9 Å². The number of hydrogen-bond donors (Lipinski definition) is 20. The fourth-order valence-corrected chi connectivity index (χ4v) is 10.2. The highest BCUT2D eigenvalue weighted by atomic mass is 16.8. The van der Waals surface area contributed by atoms with Gasteiger partial charge in [0.2, 0.25) is 0 Å². The molecule has 0 aromatic heterocycles. The van der Waals surface area contributed by atoms with Crippen LogP contribution in [-0.2, 0) is 66.3 Å². The summed E-state index contributed by atoms with van der Waals surface area (Å²) in [5.41, 5.74) is 13.1. The molecule has 7 rings (SSSR count). The third-order valence-corrected chi connectivity index (χ3v) is 15.0. The second-order valence-electron chi connectivity index (χ2n) is 20.3. The molecule has 7 aliphatic heterocycles. The van der Waals surface area contributed by atoms with Crippen molar-refractivity contribution in [3.8, 4) is 0 Å². The molecule has 7 heterocycles. The van der Waals surface area contributed by atoms with Crippen molar-refractivity contribution >= 4 is 0 Å². The second kappa shape index (κ2) is 28.1. The monoisotopic (exact) mass is 1160 g/mol. The first-order chi connectivity index (χ1) is 37.5. The van der Waals surface area contributed by atoms with Gasteiger partial charge < -0.3 is 170 Å². The van der Waals surface area contributed by atoms with Crippen molar-refractivity contribution < 1.29 is 158 Å². The molecule has 0 spiro atoms. The topological polar surface area (TPSA) is 545 Å². The highest BCUT2D eigenvalue weighted by molar-refractivity contribution is 5.02. The van der Waals surface area contributed by atoms with Crippen LogP contribution in [0.4, 0.5) is 0 Å². The predicted octanol–water partition coefficient (Wildman–Crippen LogP) is -13.1. The van der Waals surface area contributed by atoms with Gasteiger partial charge >= 0.3 is 0 Å². The Balaban J connectivity index is 1.13. The average Bonchev–Trinajstić information content (AvgIpc) is 3.44. The summed E-state index contributed by atoms with van der Waals surface area (Å²) < 4.78 is 81.6. The van der Waals surface area contributed by atoms with E-state index in [9.17, 15) is 91.9 Å². The van der Waals surface area contributed by atoms with Crippen LogP contribution in [0.1, 0.15) is 13.8 Å². The lowest BCUT2D eigenvalue weighted by Crippen LogP contribution is -2.71. The summed E-state index contributed by atoms with van der Waals surface area (Å²) in [6.45, 7) is 1.29. The lowest BCUT2D eigenvalue weighted by molar-refractivity contribution is -0.400. The smallest absolute Gasteiger partial charge is 0.187 e. The summed E-state index contributed by atoms with van der Waals surface area (Å²) in [7, 11) is 0. The standard InChI is InChI=1S/C45H78N2O32/c1-4-5-66-41-31(64)36(23(56)14(7-49)69-41)77-39-18(46)25(58)33(16(9-51)72-39)74-44-32(65)37(24(57)15(8-50)70-44)78-40-19(47)35(76-42-29(62)26(59)20(53)11(2)67-42)34(17(10-52)73-40)75-45-38(28(61)22(55)13(6-48)71-45)79-43-30(63)27(60)21(54)12(3)68-43/h4,11-45,48-65H,1,5-10,46-47H2,2-3H3/t11?,12?,13?,14?,15?,16?,17?,18?,19?,20-,21-,22+,23+,24+,25?,26?,27?,28?,29?,30?,31?,32?,33+,34+,35?,36?,37?,38?,39+,40+,41-,42+,43+,44+,45+/m1/s1. The van der Waals surface area contributed by atoms with Crippen molar-refractivity contribution in [1.82, 2.24) is 0 Å². The van der Waals surface area contributed by atoms with Crippen LogP contribution in [-0.4, -0.2) is 346 Å². The van der Waals surface area contributed by atoms with Crippen molar-refractivity contribution in [2.45, 2.75) is 229 Å². The van der Waals surface area contributed by atoms with E-state index >= 15 is 0 Å². The maximum atomic E-state index is 11.9. The molecule has 34 heteroatoms. The van der Waals surface area contributed by atoms with Crippen LogP contribution in [0.15, 0.2) is 12.7 Å². The van der Waals surface area contributed by atoms with E-state index in [1.807, 2.05) is 0 Å². The average molecular weight is 1160 g/mol. The van der Waals surface area contributed by atoms with Gasteiger partial charge in [-0.2, -0.15) is 0 Å². The quantitative estimate of drug-likeness (QED) is 0.0503. The molecule has 0 aromatic rings. The summed E-state index contributed by atoms with van der Waals surface area (Å²) >= 11 is 0. The van der Waals surface area contributed by atoms with Gasteiger partial charge in [0.25, 0.3) is 0 Å². The molecule has 460 valence electrons. The maximum absolute atomic E-state index is 11.9. The minimum Gasteiger partial charge on any atom is -0.394 e. The van der Waals surface area contributed by atoms with E-state index in [0.29, 0.717) is 0 Å². The largest absolute Gasteiger partial charge is 0.394 e. The molecule has 0 aliphatic carbocycles. The molecule has 21 unspecified atom stereocenters. The molecule has 0 saturated carbocycles. The van der Waals surface area contributed by atoms with Crippen LogP contribution < -0.4 is 11.5 Å². The van der Waals surface area contributed by atoms with Crippen LogP contribution in [0, 0.1) is 0 Å². The molecule has 0 bridgehead atoms. The molecule has 0 radical (unpaired) electrons. The Hall–Kier alpha value is -1.62. The summed E-state index contributed by atoms with van der Waals surface area (Å²) in [6, 6.07) is -3.46. The first-order valence-corrected chi connectivity index (χ1v) is 25.6. The van der Waals surface area contributed by atoms with Crippen LogP contribution in [0.5, 0.6) is 0 Å². The number of ether oxygens (including phenoxy) is 14. The Kier molecular flexibility index (Phi) is 23.1. The zero-order chi connectivity index (χ0) is 58.1. The summed E-state index contributed by atoms with van der Waals surface area (Å²) in [5, 5.41) is 195. The zero-order valence-corrected chi connectivity index (χ0v) is 42.7. The number of aliphatic hydroxyl groups is 18. The molecular formula is C45H78N2O32. The molecule has 0 amide bonds. The highest BCUT2D eigenvalue weighted by Gasteiger charge is 2.59. The number of hydrogen-bond acceptors (Lipinski definition) is 34. The number of rotatable bonds is 20. The zero-order valence-electron chi connectivity index (χ0n) is 42.7. The van der Waals surface area contributed by atoms with Crippen molar-refractivity contribution in [1.29, 1.82) is 0 Å². The van der Waals surface area contributed by atoms with Gasteiger partial charge in [-0.25, -0.2) is 0 Å². The first kappa shape index (κ1) is 64.9. The van der Waals surface area contributed by atoms with E-state index in [0.717, 1.165) is 0 Å². The van der Waals surface area contributed by atoms with E-state index in [4.69, 9.17) is 77.8 Å². The van der Waals surface area contributed by atoms with Gasteiger partial charge in [-0.1, -0.05) is 6.08 Å². The summed E-state index contributed by atoms with van der Waals surface area (Å²) in [5.74, 6) is 0. The van der Waals surface area contributed by atoms with Crippen molar-refractivity contribution in [2.24, 2.45) is 11.5 Å². The number of aliphatic hydroxyl groups excluding tert-OH is 18. The van der Waals surface area contributed by atoms with Crippen LogP contribution >= 0.6 is 0 Å². The Morgan fingerprint density at radius 1 is 0.329 bits per heavy atom. The fraction of sp³-hybridized carbons (Fsp3) is 0.956. The molecule has 79 heavy (non-hydrogen) atoms. The van der Waals surface area contributed by atoms with Gasteiger partial charge in [-0.15, -0.1) is 6.58 Å². The number of nitrogens with two attached hydrogens (primary N) is 2. The van der Waals surface area contributed by atoms with Gasteiger partial charge in [0.15, 0.2) is 44.0 Å². The molecular weight excluding hydrogens is 1080 g/mol. The second-order valence-corrected chi connectivity index (χ2v) is 20.3. The minimum atomic E-state index is -2.18. The Morgan fingerprint density at radius 2 is 0.696 bits per heavy atom. The predicted molar refractivity (Wildman–Crippen MR) is 247 cm³/mol. The van der Waals surface area contributed by atoms with E-state index in [1.54, 1.807) is 0 Å². The van der Waals surface area contributed by atoms with Gasteiger partial charge in [0.1, 0.15) is 146 Å². The van der Waals surface area contributed by atoms with Crippen molar-refractivity contribution in [3.63, 3.8) is 0 Å². The molecule has 7 aliphatic rings. The summed E-state index contributed by atoms with van der Waals surface area (Å²) in [4.78, 5) is 0. The molecule has 22 N–H and O–H groups in total. The normalized spacial score (nSPS) is 52.9. The lowest BCUT2D eigenvalue weighted by Gasteiger charge is -2.51. The van der Waals surface area contributed by atoms with E-state index in [-0.39, 0.29) is 6.61 Å². The van der Waals surface area contributed by atoms with Crippen LogP contribution in [0.2, 0.25) is 0 Å². The lowest BCUT2D eigenvalue weighted by atomic mass is 9.94. The fourth-order valence-electron chi connectivity index (χ4n) is 10.2. The molecule has 34 nitrogen and oxygen atoms in total. The summed E-state index contributed by atoms with van der Waals surface area (Å²) in [6.07, 6.45) is -57.7. The minimum absolute atomic E-state index is 0.125. The Morgan fingerprint density at radius 3 is 1.19 bits per heavy atom. The molecule has 35 atom stereocenters. The van der Waals surface area contributed by atoms with Gasteiger partial charge in [-0.3, -0.25) is 0 Å². The van der Waals surface area contributed by atoms with Gasteiger partial charge in [-0.05, 0) is 13.8 Å².